The van der Waals surface area contributed by atoms with Gasteiger partial charge in [-0.15, -0.1) is 0 Å². The van der Waals surface area contributed by atoms with Crippen molar-refractivity contribution in [3.63, 3.8) is 0 Å². The van der Waals surface area contributed by atoms with E-state index in [1.54, 1.807) is 6.33 Å². The van der Waals surface area contributed by atoms with Crippen LogP contribution >= 0.6 is 0 Å². The molecule has 3 atom stereocenters. The molecule has 5 heteroatoms. The second-order valence-electron chi connectivity index (χ2n) is 5.00. The Morgan fingerprint density at radius 2 is 2.39 bits per heavy atom. The van der Waals surface area contributed by atoms with Crippen LogP contribution in [0.4, 0.5) is 0 Å². The zero-order valence-corrected chi connectivity index (χ0v) is 11.6. The van der Waals surface area contributed by atoms with Gasteiger partial charge in [0.15, 0.2) is 0 Å². The van der Waals surface area contributed by atoms with Gasteiger partial charge in [-0.25, -0.2) is 4.98 Å². The van der Waals surface area contributed by atoms with Gasteiger partial charge in [0, 0.05) is 24.9 Å². The third kappa shape index (κ3) is 3.09. The van der Waals surface area contributed by atoms with Crippen LogP contribution in [0.5, 0.6) is 0 Å². The first-order valence-electron chi connectivity index (χ1n) is 6.96. The molecule has 1 aromatic rings. The van der Waals surface area contributed by atoms with E-state index < -0.39 is 0 Å². The molecule has 0 bridgehead atoms. The van der Waals surface area contributed by atoms with E-state index in [0.29, 0.717) is 18.1 Å². The normalized spacial score (nSPS) is 25.5. The Balaban J connectivity index is 2.01. The smallest absolute Gasteiger partial charge is 0.138 e. The molecule has 0 spiro atoms. The Bertz CT molecular complexity index is 366. The average molecular weight is 252 g/mol. The highest BCUT2D eigenvalue weighted by Crippen LogP contribution is 2.24. The first kappa shape index (κ1) is 13.5. The molecule has 0 saturated carbocycles. The van der Waals surface area contributed by atoms with E-state index in [0.717, 1.165) is 38.4 Å². The summed E-state index contributed by atoms with van der Waals surface area (Å²) in [5.41, 5.74) is 0. The first-order chi connectivity index (χ1) is 8.74. The molecule has 102 valence electrons. The highest BCUT2D eigenvalue weighted by Gasteiger charge is 2.30. The van der Waals surface area contributed by atoms with Gasteiger partial charge < -0.3 is 10.1 Å². The fraction of sp³-hybridized carbons (Fsp3) is 0.846. The van der Waals surface area contributed by atoms with Crippen molar-refractivity contribution < 1.29 is 4.74 Å². The summed E-state index contributed by atoms with van der Waals surface area (Å²) in [6.07, 6.45) is 4.11. The van der Waals surface area contributed by atoms with Gasteiger partial charge in [0.1, 0.15) is 12.2 Å². The van der Waals surface area contributed by atoms with Crippen molar-refractivity contribution >= 4 is 0 Å². The van der Waals surface area contributed by atoms with Gasteiger partial charge in [-0.1, -0.05) is 6.92 Å². The van der Waals surface area contributed by atoms with Crippen molar-refractivity contribution in [2.45, 2.75) is 52.3 Å². The number of hydrogen-bond acceptors (Lipinski definition) is 4. The standard InChI is InChI=1S/C13H24N4O/c1-4-14-12(11-6-10(3)18-8-11)7-13-15-9-16-17(13)5-2/h9-12,14H,4-8H2,1-3H3. The molecule has 1 aromatic heterocycles. The Hall–Kier alpha value is -0.940. The van der Waals surface area contributed by atoms with Crippen LogP contribution in [0, 0.1) is 5.92 Å². The van der Waals surface area contributed by atoms with Gasteiger partial charge in [0.25, 0.3) is 0 Å². The zero-order valence-electron chi connectivity index (χ0n) is 11.6. The molecule has 1 N–H and O–H groups in total. The van der Waals surface area contributed by atoms with Crippen LogP contribution in [0.15, 0.2) is 6.33 Å². The fourth-order valence-corrected chi connectivity index (χ4v) is 2.71. The number of nitrogens with one attached hydrogen (secondary N) is 1. The summed E-state index contributed by atoms with van der Waals surface area (Å²) < 4.78 is 7.66. The molecule has 3 unspecified atom stereocenters. The minimum absolute atomic E-state index is 0.389. The van der Waals surface area contributed by atoms with E-state index in [2.05, 4.69) is 36.2 Å². The monoisotopic (exact) mass is 252 g/mol. The van der Waals surface area contributed by atoms with E-state index in [-0.39, 0.29) is 0 Å². The molecule has 5 nitrogen and oxygen atoms in total. The van der Waals surface area contributed by atoms with Gasteiger partial charge >= 0.3 is 0 Å². The molecular formula is C13H24N4O. The van der Waals surface area contributed by atoms with Gasteiger partial charge in [0.2, 0.25) is 0 Å². The molecule has 0 aromatic carbocycles. The molecule has 18 heavy (non-hydrogen) atoms. The lowest BCUT2D eigenvalue weighted by Crippen LogP contribution is -2.39. The maximum atomic E-state index is 5.69. The summed E-state index contributed by atoms with van der Waals surface area (Å²) in [4.78, 5) is 4.37. The van der Waals surface area contributed by atoms with E-state index >= 15 is 0 Å². The van der Waals surface area contributed by atoms with E-state index in [4.69, 9.17) is 4.74 Å². The fourth-order valence-electron chi connectivity index (χ4n) is 2.71. The lowest BCUT2D eigenvalue weighted by atomic mass is 9.94. The SMILES string of the molecule is CCNC(Cc1ncnn1CC)C1COC(C)C1. The van der Waals surface area contributed by atoms with Crippen molar-refractivity contribution in [3.05, 3.63) is 12.2 Å². The lowest BCUT2D eigenvalue weighted by molar-refractivity contribution is 0.116. The third-order valence-electron chi connectivity index (χ3n) is 3.66. The highest BCUT2D eigenvalue weighted by atomic mass is 16.5. The largest absolute Gasteiger partial charge is 0.378 e. The zero-order chi connectivity index (χ0) is 13.0. The van der Waals surface area contributed by atoms with Gasteiger partial charge in [0.05, 0.1) is 12.7 Å². The lowest BCUT2D eigenvalue weighted by Gasteiger charge is -2.23. The Morgan fingerprint density at radius 1 is 1.56 bits per heavy atom. The second-order valence-corrected chi connectivity index (χ2v) is 5.00. The summed E-state index contributed by atoms with van der Waals surface area (Å²) in [6, 6.07) is 0.439. The van der Waals surface area contributed by atoms with E-state index in [9.17, 15) is 0 Å². The molecule has 2 rings (SSSR count). The van der Waals surface area contributed by atoms with Crippen LogP contribution in [0.1, 0.15) is 33.0 Å². The molecular weight excluding hydrogens is 228 g/mol. The Morgan fingerprint density at radius 3 is 3.00 bits per heavy atom. The van der Waals surface area contributed by atoms with Crippen LogP contribution < -0.4 is 5.32 Å². The molecule has 0 amide bonds. The van der Waals surface area contributed by atoms with Gasteiger partial charge in [-0.2, -0.15) is 5.10 Å². The predicted octanol–water partition coefficient (Wildman–Crippen LogP) is 1.24. The summed E-state index contributed by atoms with van der Waals surface area (Å²) in [5.74, 6) is 1.66. The van der Waals surface area contributed by atoms with E-state index in [1.807, 2.05) is 4.68 Å². The number of rotatable bonds is 6. The summed E-state index contributed by atoms with van der Waals surface area (Å²) in [5, 5.41) is 7.81. The van der Waals surface area contributed by atoms with Crippen molar-refractivity contribution in [2.24, 2.45) is 5.92 Å². The predicted molar refractivity (Wildman–Crippen MR) is 70.4 cm³/mol. The van der Waals surface area contributed by atoms with Crippen molar-refractivity contribution in [1.82, 2.24) is 20.1 Å². The maximum Gasteiger partial charge on any atom is 0.138 e. The number of aryl methyl sites for hydroxylation is 1. The molecule has 1 saturated heterocycles. The summed E-state index contributed by atoms with van der Waals surface area (Å²) >= 11 is 0. The second kappa shape index (κ2) is 6.29. The number of ether oxygens (including phenoxy) is 1. The van der Waals surface area contributed by atoms with Crippen LogP contribution in [-0.4, -0.2) is 40.1 Å². The van der Waals surface area contributed by atoms with Gasteiger partial charge in [-0.05, 0) is 26.8 Å². The molecule has 2 heterocycles. The minimum atomic E-state index is 0.389. The minimum Gasteiger partial charge on any atom is -0.378 e. The molecule has 0 aliphatic carbocycles. The van der Waals surface area contributed by atoms with Crippen LogP contribution in [0.3, 0.4) is 0 Å². The first-order valence-corrected chi connectivity index (χ1v) is 6.96. The molecule has 0 radical (unpaired) electrons. The van der Waals surface area contributed by atoms with Crippen LogP contribution in [-0.2, 0) is 17.7 Å². The summed E-state index contributed by atoms with van der Waals surface area (Å²) in [6.45, 7) is 9.12. The Labute approximate surface area is 109 Å². The topological polar surface area (TPSA) is 52.0 Å². The van der Waals surface area contributed by atoms with Crippen molar-refractivity contribution in [1.29, 1.82) is 0 Å². The number of likely N-dealkylation sites (N-methyl/N-ethyl adjacent to an activating group) is 1. The average Bonchev–Trinajstić information content (AvgIpc) is 2.97. The highest BCUT2D eigenvalue weighted by molar-refractivity contribution is 4.93. The quantitative estimate of drug-likeness (QED) is 0.827. The molecule has 1 aliphatic heterocycles. The van der Waals surface area contributed by atoms with Crippen LogP contribution in [0.2, 0.25) is 0 Å². The number of hydrogen-bond donors (Lipinski definition) is 1. The van der Waals surface area contributed by atoms with Crippen LogP contribution in [0.25, 0.3) is 0 Å². The molecule has 1 aliphatic rings. The number of nitrogens with zero attached hydrogens (tertiary/aromatic N) is 3. The van der Waals surface area contributed by atoms with Crippen molar-refractivity contribution in [3.8, 4) is 0 Å². The molecule has 1 fully saturated rings. The maximum absolute atomic E-state index is 5.69. The van der Waals surface area contributed by atoms with E-state index in [1.165, 1.54) is 0 Å². The van der Waals surface area contributed by atoms with Gasteiger partial charge in [-0.3, -0.25) is 4.68 Å². The number of aromatic nitrogens is 3. The Kier molecular flexibility index (Phi) is 4.72. The third-order valence-corrected chi connectivity index (χ3v) is 3.66. The van der Waals surface area contributed by atoms with Crippen molar-refractivity contribution in [2.75, 3.05) is 13.2 Å². The summed E-state index contributed by atoms with van der Waals surface area (Å²) in [7, 11) is 0.